The van der Waals surface area contributed by atoms with Crippen LogP contribution in [0.5, 0.6) is 0 Å². The molecule has 0 aliphatic carbocycles. The smallest absolute Gasteiger partial charge is 0.0286 e. The van der Waals surface area contributed by atoms with Crippen LogP contribution in [0.2, 0.25) is 0 Å². The predicted molar refractivity (Wildman–Crippen MR) is 73.1 cm³/mol. The van der Waals surface area contributed by atoms with Gasteiger partial charge in [-0.2, -0.15) is 0 Å². The second-order valence-electron chi connectivity index (χ2n) is 5.63. The number of aryl methyl sites for hydroxylation is 2. The molecule has 94 valence electrons. The molecule has 1 saturated heterocycles. The predicted octanol–water partition coefficient (Wildman–Crippen LogP) is 2.35. The fourth-order valence-electron chi connectivity index (χ4n) is 2.87. The number of benzene rings is 1. The molecule has 1 aliphatic rings. The first-order valence-corrected chi connectivity index (χ1v) is 6.61. The molecule has 0 spiro atoms. The van der Waals surface area contributed by atoms with Gasteiger partial charge >= 0.3 is 0 Å². The first kappa shape index (κ1) is 12.6. The Bertz CT molecular complexity index is 375. The molecule has 2 nitrogen and oxygen atoms in total. The Morgan fingerprint density at radius 1 is 1.35 bits per heavy atom. The quantitative estimate of drug-likeness (QED) is 0.867. The monoisotopic (exact) mass is 232 g/mol. The average Bonchev–Trinajstić information content (AvgIpc) is 2.28. The molecule has 2 N–H and O–H groups in total. The number of nitrogens with two attached hydrogens (primary N) is 1. The van der Waals surface area contributed by atoms with Crippen molar-refractivity contribution >= 4 is 0 Å². The third-order valence-corrected chi connectivity index (χ3v) is 3.95. The van der Waals surface area contributed by atoms with E-state index >= 15 is 0 Å². The third kappa shape index (κ3) is 3.30. The Balaban J connectivity index is 1.95. The Morgan fingerprint density at radius 3 is 2.82 bits per heavy atom. The summed E-state index contributed by atoms with van der Waals surface area (Å²) in [7, 11) is 2.18. The van der Waals surface area contributed by atoms with Gasteiger partial charge in [-0.1, -0.05) is 24.3 Å². The normalized spacial score (nSPS) is 26.1. The van der Waals surface area contributed by atoms with Crippen LogP contribution in [0.4, 0.5) is 0 Å². The summed E-state index contributed by atoms with van der Waals surface area (Å²) in [6.45, 7) is 4.42. The summed E-state index contributed by atoms with van der Waals surface area (Å²) in [6, 6.07) is 8.64. The molecule has 2 rings (SSSR count). The van der Waals surface area contributed by atoms with Gasteiger partial charge in [-0.25, -0.2) is 0 Å². The summed E-state index contributed by atoms with van der Waals surface area (Å²) in [5.41, 5.74) is 9.37. The van der Waals surface area contributed by atoms with E-state index in [2.05, 4.69) is 43.1 Å². The molecular formula is C15H24N2. The maximum Gasteiger partial charge on any atom is 0.0286 e. The summed E-state index contributed by atoms with van der Waals surface area (Å²) in [5, 5.41) is 0. The minimum atomic E-state index is 0.0231. The van der Waals surface area contributed by atoms with Gasteiger partial charge in [-0.15, -0.1) is 0 Å². The highest BCUT2D eigenvalue weighted by atomic mass is 15.1. The van der Waals surface area contributed by atoms with Crippen LogP contribution in [-0.4, -0.2) is 30.6 Å². The highest BCUT2D eigenvalue weighted by molar-refractivity contribution is 5.25. The van der Waals surface area contributed by atoms with E-state index in [4.69, 9.17) is 5.73 Å². The molecule has 0 bridgehead atoms. The van der Waals surface area contributed by atoms with Crippen molar-refractivity contribution < 1.29 is 0 Å². The summed E-state index contributed by atoms with van der Waals surface area (Å²) >= 11 is 0. The van der Waals surface area contributed by atoms with Gasteiger partial charge in [0.25, 0.3) is 0 Å². The summed E-state index contributed by atoms with van der Waals surface area (Å²) < 4.78 is 0. The Morgan fingerprint density at radius 2 is 2.12 bits per heavy atom. The topological polar surface area (TPSA) is 29.3 Å². The number of rotatable bonds is 3. The molecule has 0 amide bonds. The molecule has 1 aromatic carbocycles. The van der Waals surface area contributed by atoms with Crippen molar-refractivity contribution in [1.82, 2.24) is 4.90 Å². The van der Waals surface area contributed by atoms with Crippen molar-refractivity contribution in [1.29, 1.82) is 0 Å². The molecule has 0 radical (unpaired) electrons. The van der Waals surface area contributed by atoms with E-state index in [9.17, 15) is 0 Å². The van der Waals surface area contributed by atoms with Crippen molar-refractivity contribution in [3.63, 3.8) is 0 Å². The largest absolute Gasteiger partial charge is 0.324 e. The lowest BCUT2D eigenvalue weighted by molar-refractivity contribution is 0.170. The van der Waals surface area contributed by atoms with Crippen LogP contribution in [0.3, 0.4) is 0 Å². The van der Waals surface area contributed by atoms with Gasteiger partial charge in [-0.3, -0.25) is 0 Å². The second-order valence-corrected chi connectivity index (χ2v) is 5.63. The van der Waals surface area contributed by atoms with E-state index in [0.29, 0.717) is 0 Å². The van der Waals surface area contributed by atoms with Gasteiger partial charge in [0.1, 0.15) is 0 Å². The van der Waals surface area contributed by atoms with Crippen molar-refractivity contribution in [3.8, 4) is 0 Å². The maximum atomic E-state index is 6.51. The van der Waals surface area contributed by atoms with Crippen molar-refractivity contribution in [2.75, 3.05) is 20.1 Å². The zero-order chi connectivity index (χ0) is 12.3. The Kier molecular flexibility index (Phi) is 3.85. The number of hydrogen-bond donors (Lipinski definition) is 1. The molecular weight excluding hydrogens is 208 g/mol. The van der Waals surface area contributed by atoms with Gasteiger partial charge in [0.15, 0.2) is 0 Å². The van der Waals surface area contributed by atoms with Gasteiger partial charge in [0.2, 0.25) is 0 Å². The van der Waals surface area contributed by atoms with Gasteiger partial charge in [0, 0.05) is 12.1 Å². The Hall–Kier alpha value is -0.860. The summed E-state index contributed by atoms with van der Waals surface area (Å²) in [4.78, 5) is 2.36. The standard InChI is InChI=1S/C15H24N2/c1-13-6-3-4-7-14(13)8-10-15(16)9-5-11-17(2)12-15/h3-4,6-7H,5,8-12,16H2,1-2H3. The number of piperidine rings is 1. The van der Waals surface area contributed by atoms with Crippen LogP contribution in [-0.2, 0) is 6.42 Å². The van der Waals surface area contributed by atoms with Crippen LogP contribution >= 0.6 is 0 Å². The van der Waals surface area contributed by atoms with E-state index in [1.807, 2.05) is 0 Å². The van der Waals surface area contributed by atoms with Crippen molar-refractivity contribution in [3.05, 3.63) is 35.4 Å². The highest BCUT2D eigenvalue weighted by Crippen LogP contribution is 2.23. The SMILES string of the molecule is Cc1ccccc1CCC1(N)CCCN(C)C1. The molecule has 1 unspecified atom stereocenters. The van der Waals surface area contributed by atoms with Crippen LogP contribution in [0.1, 0.15) is 30.4 Å². The van der Waals surface area contributed by atoms with E-state index in [0.717, 1.165) is 19.4 Å². The first-order chi connectivity index (χ1) is 8.09. The molecule has 1 aromatic rings. The molecule has 0 aromatic heterocycles. The van der Waals surface area contributed by atoms with Gasteiger partial charge in [-0.05, 0) is 57.3 Å². The zero-order valence-electron chi connectivity index (χ0n) is 11.1. The molecule has 17 heavy (non-hydrogen) atoms. The van der Waals surface area contributed by atoms with E-state index in [1.165, 1.54) is 30.5 Å². The minimum absolute atomic E-state index is 0.0231. The molecule has 1 heterocycles. The number of nitrogens with zero attached hydrogens (tertiary/aromatic N) is 1. The average molecular weight is 232 g/mol. The van der Waals surface area contributed by atoms with Crippen molar-refractivity contribution in [2.45, 2.75) is 38.1 Å². The van der Waals surface area contributed by atoms with Crippen LogP contribution in [0, 0.1) is 6.92 Å². The summed E-state index contributed by atoms with van der Waals surface area (Å²) in [5.74, 6) is 0. The molecule has 1 aliphatic heterocycles. The van der Waals surface area contributed by atoms with Crippen LogP contribution in [0.25, 0.3) is 0 Å². The van der Waals surface area contributed by atoms with E-state index in [-0.39, 0.29) is 5.54 Å². The number of hydrogen-bond acceptors (Lipinski definition) is 2. The first-order valence-electron chi connectivity index (χ1n) is 6.61. The number of likely N-dealkylation sites (N-methyl/N-ethyl adjacent to an activating group) is 1. The fraction of sp³-hybridized carbons (Fsp3) is 0.600. The van der Waals surface area contributed by atoms with Crippen molar-refractivity contribution in [2.24, 2.45) is 5.73 Å². The summed E-state index contributed by atoms with van der Waals surface area (Å²) in [6.07, 6.45) is 4.61. The minimum Gasteiger partial charge on any atom is -0.324 e. The molecule has 2 heteroatoms. The van der Waals surface area contributed by atoms with Gasteiger partial charge < -0.3 is 10.6 Å². The number of likely N-dealkylation sites (tertiary alicyclic amines) is 1. The lowest BCUT2D eigenvalue weighted by Gasteiger charge is -2.38. The molecule has 1 atom stereocenters. The van der Waals surface area contributed by atoms with E-state index in [1.54, 1.807) is 0 Å². The molecule has 1 fully saturated rings. The fourth-order valence-corrected chi connectivity index (χ4v) is 2.87. The van der Waals surface area contributed by atoms with E-state index < -0.39 is 0 Å². The lowest BCUT2D eigenvalue weighted by Crippen LogP contribution is -2.53. The second kappa shape index (κ2) is 5.19. The lowest BCUT2D eigenvalue weighted by atomic mass is 9.84. The Labute approximate surface area is 105 Å². The van der Waals surface area contributed by atoms with Gasteiger partial charge in [0.05, 0.1) is 0 Å². The maximum absolute atomic E-state index is 6.51. The van der Waals surface area contributed by atoms with Crippen LogP contribution < -0.4 is 5.73 Å². The third-order valence-electron chi connectivity index (χ3n) is 3.95. The highest BCUT2D eigenvalue weighted by Gasteiger charge is 2.29. The molecule has 0 saturated carbocycles. The van der Waals surface area contributed by atoms with Crippen LogP contribution in [0.15, 0.2) is 24.3 Å². The zero-order valence-corrected chi connectivity index (χ0v) is 11.1.